The van der Waals surface area contributed by atoms with Crippen molar-refractivity contribution in [3.05, 3.63) is 47.9 Å². The van der Waals surface area contributed by atoms with Crippen LogP contribution in [0.15, 0.2) is 36.7 Å². The van der Waals surface area contributed by atoms with Gasteiger partial charge in [0, 0.05) is 18.0 Å². The van der Waals surface area contributed by atoms with Gasteiger partial charge in [-0.2, -0.15) is 0 Å². The molecule has 0 aliphatic heterocycles. The second kappa shape index (κ2) is 4.96. The molecule has 0 amide bonds. The van der Waals surface area contributed by atoms with Crippen molar-refractivity contribution in [3.8, 4) is 11.3 Å². The first-order chi connectivity index (χ1) is 8.59. The SMILES string of the molecule is CC(C)c1nc(-c2ccncc2)ccc1C(=O)O. The third-order valence-corrected chi connectivity index (χ3v) is 2.68. The van der Waals surface area contributed by atoms with Crippen molar-refractivity contribution in [3.63, 3.8) is 0 Å². The molecule has 2 rings (SSSR count). The molecule has 18 heavy (non-hydrogen) atoms. The van der Waals surface area contributed by atoms with Crippen molar-refractivity contribution in [2.45, 2.75) is 19.8 Å². The zero-order chi connectivity index (χ0) is 13.1. The minimum absolute atomic E-state index is 0.0675. The summed E-state index contributed by atoms with van der Waals surface area (Å²) >= 11 is 0. The highest BCUT2D eigenvalue weighted by molar-refractivity contribution is 5.89. The highest BCUT2D eigenvalue weighted by Crippen LogP contribution is 2.23. The molecule has 0 bridgehead atoms. The summed E-state index contributed by atoms with van der Waals surface area (Å²) in [4.78, 5) is 19.5. The van der Waals surface area contributed by atoms with Crippen molar-refractivity contribution < 1.29 is 9.90 Å². The average Bonchev–Trinajstić information content (AvgIpc) is 2.39. The van der Waals surface area contributed by atoms with Crippen molar-refractivity contribution >= 4 is 5.97 Å². The highest BCUT2D eigenvalue weighted by Gasteiger charge is 2.15. The molecule has 0 fully saturated rings. The van der Waals surface area contributed by atoms with Crippen molar-refractivity contribution in [2.24, 2.45) is 0 Å². The van der Waals surface area contributed by atoms with E-state index in [1.165, 1.54) is 0 Å². The van der Waals surface area contributed by atoms with Crippen molar-refractivity contribution in [1.29, 1.82) is 0 Å². The van der Waals surface area contributed by atoms with Gasteiger partial charge < -0.3 is 5.11 Å². The van der Waals surface area contributed by atoms with Crippen molar-refractivity contribution in [1.82, 2.24) is 9.97 Å². The maximum absolute atomic E-state index is 11.1. The van der Waals surface area contributed by atoms with Crippen LogP contribution in [0.5, 0.6) is 0 Å². The van der Waals surface area contributed by atoms with Crippen LogP contribution in [0.3, 0.4) is 0 Å². The molecule has 0 spiro atoms. The third-order valence-electron chi connectivity index (χ3n) is 2.68. The first kappa shape index (κ1) is 12.2. The second-order valence-electron chi connectivity index (χ2n) is 4.33. The molecule has 4 nitrogen and oxygen atoms in total. The quantitative estimate of drug-likeness (QED) is 0.898. The summed E-state index contributed by atoms with van der Waals surface area (Å²) in [5.41, 5.74) is 2.58. The Labute approximate surface area is 105 Å². The minimum atomic E-state index is -0.938. The summed E-state index contributed by atoms with van der Waals surface area (Å²) in [5, 5.41) is 9.13. The fourth-order valence-corrected chi connectivity index (χ4v) is 1.78. The van der Waals surface area contributed by atoms with Gasteiger partial charge in [-0.3, -0.25) is 9.97 Å². The molecule has 0 aliphatic rings. The number of rotatable bonds is 3. The monoisotopic (exact) mass is 242 g/mol. The smallest absolute Gasteiger partial charge is 0.337 e. The molecule has 0 atom stereocenters. The van der Waals surface area contributed by atoms with Crippen LogP contribution < -0.4 is 0 Å². The average molecular weight is 242 g/mol. The summed E-state index contributed by atoms with van der Waals surface area (Å²) in [6, 6.07) is 7.05. The first-order valence-electron chi connectivity index (χ1n) is 5.74. The molecule has 0 saturated heterocycles. The second-order valence-corrected chi connectivity index (χ2v) is 4.33. The Bertz CT molecular complexity index is 565. The van der Waals surface area contributed by atoms with E-state index in [-0.39, 0.29) is 11.5 Å². The fourth-order valence-electron chi connectivity index (χ4n) is 1.78. The number of pyridine rings is 2. The van der Waals surface area contributed by atoms with E-state index < -0.39 is 5.97 Å². The largest absolute Gasteiger partial charge is 0.478 e. The lowest BCUT2D eigenvalue weighted by molar-refractivity contribution is 0.0694. The Morgan fingerprint density at radius 1 is 1.17 bits per heavy atom. The molecule has 0 aliphatic carbocycles. The standard InChI is InChI=1S/C14H14N2O2/c1-9(2)13-11(14(17)18)3-4-12(16-13)10-5-7-15-8-6-10/h3-9H,1-2H3,(H,17,18). The number of aromatic carboxylic acids is 1. The van der Waals surface area contributed by atoms with Gasteiger partial charge in [0.2, 0.25) is 0 Å². The van der Waals surface area contributed by atoms with Crippen LogP contribution in [0.1, 0.15) is 35.8 Å². The van der Waals surface area contributed by atoms with Gasteiger partial charge in [0.15, 0.2) is 0 Å². The Balaban J connectivity index is 2.54. The molecule has 2 aromatic rings. The van der Waals surface area contributed by atoms with Crippen molar-refractivity contribution in [2.75, 3.05) is 0 Å². The molecule has 2 aromatic heterocycles. The van der Waals surface area contributed by atoms with E-state index in [4.69, 9.17) is 5.11 Å². The van der Waals surface area contributed by atoms with Gasteiger partial charge >= 0.3 is 5.97 Å². The van der Waals surface area contributed by atoms with Gasteiger partial charge in [0.05, 0.1) is 17.0 Å². The predicted molar refractivity (Wildman–Crippen MR) is 68.5 cm³/mol. The zero-order valence-electron chi connectivity index (χ0n) is 10.3. The fraction of sp³-hybridized carbons (Fsp3) is 0.214. The molecule has 0 unspecified atom stereocenters. The number of hydrogen-bond acceptors (Lipinski definition) is 3. The van der Waals surface area contributed by atoms with Gasteiger partial charge in [-0.15, -0.1) is 0 Å². The number of carboxylic acid groups (broad SMARTS) is 1. The van der Waals surface area contributed by atoms with E-state index in [1.807, 2.05) is 26.0 Å². The molecule has 92 valence electrons. The molecule has 1 N–H and O–H groups in total. The first-order valence-corrected chi connectivity index (χ1v) is 5.74. The predicted octanol–water partition coefficient (Wildman–Crippen LogP) is 2.97. The molecular weight excluding hydrogens is 228 g/mol. The Morgan fingerprint density at radius 2 is 1.83 bits per heavy atom. The number of carboxylic acids is 1. The zero-order valence-corrected chi connectivity index (χ0v) is 10.3. The highest BCUT2D eigenvalue weighted by atomic mass is 16.4. The third kappa shape index (κ3) is 2.37. The summed E-state index contributed by atoms with van der Waals surface area (Å²) < 4.78 is 0. The maximum atomic E-state index is 11.1. The maximum Gasteiger partial charge on any atom is 0.337 e. The molecule has 0 radical (unpaired) electrons. The van der Waals surface area contributed by atoms with E-state index in [1.54, 1.807) is 24.5 Å². The number of nitrogens with zero attached hydrogens (tertiary/aromatic N) is 2. The van der Waals surface area contributed by atoms with Gasteiger partial charge in [-0.05, 0) is 30.2 Å². The normalized spacial score (nSPS) is 10.6. The number of hydrogen-bond donors (Lipinski definition) is 1. The Kier molecular flexibility index (Phi) is 3.37. The van der Waals surface area contributed by atoms with Crippen LogP contribution in [0, 0.1) is 0 Å². The van der Waals surface area contributed by atoms with E-state index in [9.17, 15) is 4.79 Å². The van der Waals surface area contributed by atoms with Crippen LogP contribution in [0.4, 0.5) is 0 Å². The lowest BCUT2D eigenvalue weighted by atomic mass is 10.0. The lowest BCUT2D eigenvalue weighted by Crippen LogP contribution is -2.07. The van der Waals surface area contributed by atoms with Crippen LogP contribution in [0.2, 0.25) is 0 Å². The van der Waals surface area contributed by atoms with E-state index in [0.29, 0.717) is 5.69 Å². The van der Waals surface area contributed by atoms with Gasteiger partial charge in [0.25, 0.3) is 0 Å². The molecule has 2 heterocycles. The number of carbonyl (C=O) groups is 1. The van der Waals surface area contributed by atoms with Gasteiger partial charge in [-0.25, -0.2) is 4.79 Å². The van der Waals surface area contributed by atoms with E-state index in [0.717, 1.165) is 11.3 Å². The number of aromatic nitrogens is 2. The summed E-state index contributed by atoms with van der Waals surface area (Å²) in [6.07, 6.45) is 3.38. The summed E-state index contributed by atoms with van der Waals surface area (Å²) in [6.45, 7) is 3.87. The molecule has 4 heteroatoms. The van der Waals surface area contributed by atoms with E-state index >= 15 is 0 Å². The topological polar surface area (TPSA) is 63.1 Å². The van der Waals surface area contributed by atoms with Gasteiger partial charge in [0.1, 0.15) is 0 Å². The lowest BCUT2D eigenvalue weighted by Gasteiger charge is -2.10. The molecule has 0 aromatic carbocycles. The van der Waals surface area contributed by atoms with E-state index in [2.05, 4.69) is 9.97 Å². The molecular formula is C14H14N2O2. The Morgan fingerprint density at radius 3 is 2.39 bits per heavy atom. The van der Waals surface area contributed by atoms with Crippen LogP contribution in [-0.2, 0) is 0 Å². The Hall–Kier alpha value is -2.23. The van der Waals surface area contributed by atoms with Crippen LogP contribution in [0.25, 0.3) is 11.3 Å². The van der Waals surface area contributed by atoms with Crippen LogP contribution in [-0.4, -0.2) is 21.0 Å². The van der Waals surface area contributed by atoms with Gasteiger partial charge in [-0.1, -0.05) is 13.8 Å². The minimum Gasteiger partial charge on any atom is -0.478 e. The summed E-state index contributed by atoms with van der Waals surface area (Å²) in [7, 11) is 0. The molecule has 0 saturated carbocycles. The van der Waals surface area contributed by atoms with Crippen LogP contribution >= 0.6 is 0 Å². The summed E-state index contributed by atoms with van der Waals surface area (Å²) in [5.74, 6) is -0.870.